The van der Waals surface area contributed by atoms with Crippen molar-refractivity contribution in [3.05, 3.63) is 17.5 Å². The van der Waals surface area contributed by atoms with Crippen molar-refractivity contribution in [1.82, 2.24) is 15.1 Å². The first kappa shape index (κ1) is 13.6. The van der Waals surface area contributed by atoms with Gasteiger partial charge in [0.15, 0.2) is 0 Å². The minimum atomic E-state index is -0.812. The summed E-state index contributed by atoms with van der Waals surface area (Å²) in [5, 5.41) is 16.1. The standard InChI is InChI=1S/C13H19N3O3/c1-9-10(7-15-16(9)2)11(17)14-8-13(12(18)19)5-3-4-6-13/h7H,3-6,8H2,1-2H3,(H,14,17)(H,18,19). The van der Waals surface area contributed by atoms with E-state index >= 15 is 0 Å². The van der Waals surface area contributed by atoms with Crippen molar-refractivity contribution in [3.63, 3.8) is 0 Å². The van der Waals surface area contributed by atoms with Gasteiger partial charge in [0.05, 0.1) is 17.2 Å². The summed E-state index contributed by atoms with van der Waals surface area (Å²) in [7, 11) is 1.77. The number of carbonyl (C=O) groups is 2. The van der Waals surface area contributed by atoms with Crippen LogP contribution in [0.3, 0.4) is 0 Å². The van der Waals surface area contributed by atoms with Gasteiger partial charge in [-0.05, 0) is 19.8 Å². The molecule has 104 valence electrons. The van der Waals surface area contributed by atoms with E-state index in [2.05, 4.69) is 10.4 Å². The van der Waals surface area contributed by atoms with E-state index in [-0.39, 0.29) is 12.5 Å². The number of nitrogens with zero attached hydrogens (tertiary/aromatic N) is 2. The largest absolute Gasteiger partial charge is 0.481 e. The minimum absolute atomic E-state index is 0.190. The predicted octanol–water partition coefficient (Wildman–Crippen LogP) is 1.10. The quantitative estimate of drug-likeness (QED) is 0.854. The van der Waals surface area contributed by atoms with Gasteiger partial charge < -0.3 is 10.4 Å². The average molecular weight is 265 g/mol. The van der Waals surface area contributed by atoms with Gasteiger partial charge in [0.1, 0.15) is 0 Å². The molecule has 0 radical (unpaired) electrons. The number of nitrogens with one attached hydrogen (secondary N) is 1. The van der Waals surface area contributed by atoms with E-state index in [4.69, 9.17) is 0 Å². The van der Waals surface area contributed by atoms with Crippen molar-refractivity contribution in [3.8, 4) is 0 Å². The van der Waals surface area contributed by atoms with Gasteiger partial charge in [-0.15, -0.1) is 0 Å². The van der Waals surface area contributed by atoms with Crippen LogP contribution in [0.2, 0.25) is 0 Å². The number of hydrogen-bond donors (Lipinski definition) is 2. The molecule has 0 aliphatic heterocycles. The third kappa shape index (κ3) is 2.47. The number of aliphatic carboxylic acids is 1. The summed E-state index contributed by atoms with van der Waals surface area (Å²) in [6.45, 7) is 2.00. The summed E-state index contributed by atoms with van der Waals surface area (Å²) in [5.74, 6) is -1.06. The summed E-state index contributed by atoms with van der Waals surface area (Å²) in [6.07, 6.45) is 4.60. The zero-order valence-electron chi connectivity index (χ0n) is 11.3. The summed E-state index contributed by atoms with van der Waals surface area (Å²) < 4.78 is 1.62. The molecule has 1 fully saturated rings. The molecule has 19 heavy (non-hydrogen) atoms. The highest BCUT2D eigenvalue weighted by Gasteiger charge is 2.41. The van der Waals surface area contributed by atoms with E-state index in [1.165, 1.54) is 6.20 Å². The van der Waals surface area contributed by atoms with Gasteiger partial charge in [0.2, 0.25) is 0 Å². The Morgan fingerprint density at radius 2 is 2.11 bits per heavy atom. The number of carboxylic acid groups (broad SMARTS) is 1. The highest BCUT2D eigenvalue weighted by molar-refractivity contribution is 5.95. The maximum atomic E-state index is 12.0. The minimum Gasteiger partial charge on any atom is -0.481 e. The molecule has 1 aromatic rings. The van der Waals surface area contributed by atoms with Crippen molar-refractivity contribution >= 4 is 11.9 Å². The zero-order chi connectivity index (χ0) is 14.0. The molecule has 1 heterocycles. The molecule has 1 aliphatic carbocycles. The lowest BCUT2D eigenvalue weighted by molar-refractivity contribution is -0.148. The predicted molar refractivity (Wildman–Crippen MR) is 68.8 cm³/mol. The van der Waals surface area contributed by atoms with Crippen molar-refractivity contribution in [2.24, 2.45) is 12.5 Å². The summed E-state index contributed by atoms with van der Waals surface area (Å²) >= 11 is 0. The van der Waals surface area contributed by atoms with E-state index in [9.17, 15) is 14.7 Å². The number of carboxylic acids is 1. The highest BCUT2D eigenvalue weighted by atomic mass is 16.4. The van der Waals surface area contributed by atoms with Gasteiger partial charge in [-0.2, -0.15) is 5.10 Å². The van der Waals surface area contributed by atoms with Crippen LogP contribution < -0.4 is 5.32 Å². The van der Waals surface area contributed by atoms with Crippen molar-refractivity contribution in [2.45, 2.75) is 32.6 Å². The molecule has 0 aromatic carbocycles. The van der Waals surface area contributed by atoms with Crippen LogP contribution in [-0.2, 0) is 11.8 Å². The topological polar surface area (TPSA) is 84.2 Å². The molecule has 1 amide bonds. The molecule has 2 N–H and O–H groups in total. The Hall–Kier alpha value is -1.85. The van der Waals surface area contributed by atoms with Crippen molar-refractivity contribution in [2.75, 3.05) is 6.54 Å². The summed E-state index contributed by atoms with van der Waals surface area (Å²) in [4.78, 5) is 23.4. The van der Waals surface area contributed by atoms with E-state index in [1.807, 2.05) is 6.92 Å². The lowest BCUT2D eigenvalue weighted by Crippen LogP contribution is -2.41. The van der Waals surface area contributed by atoms with Gasteiger partial charge in [-0.25, -0.2) is 0 Å². The molecule has 6 nitrogen and oxygen atoms in total. The van der Waals surface area contributed by atoms with Crippen molar-refractivity contribution < 1.29 is 14.7 Å². The Bertz CT molecular complexity index is 501. The van der Waals surface area contributed by atoms with E-state index in [0.717, 1.165) is 18.5 Å². The summed E-state index contributed by atoms with van der Waals surface area (Å²) in [6, 6.07) is 0. The fraction of sp³-hybridized carbons (Fsp3) is 0.615. The lowest BCUT2D eigenvalue weighted by Gasteiger charge is -2.23. The molecule has 0 unspecified atom stereocenters. The fourth-order valence-electron chi connectivity index (χ4n) is 2.58. The Morgan fingerprint density at radius 3 is 2.58 bits per heavy atom. The number of aryl methyl sites for hydroxylation is 1. The Balaban J connectivity index is 2.04. The monoisotopic (exact) mass is 265 g/mol. The average Bonchev–Trinajstić information content (AvgIpc) is 2.96. The van der Waals surface area contributed by atoms with Crippen molar-refractivity contribution in [1.29, 1.82) is 0 Å². The highest BCUT2D eigenvalue weighted by Crippen LogP contribution is 2.37. The number of carbonyl (C=O) groups excluding carboxylic acids is 1. The van der Waals surface area contributed by atoms with Gasteiger partial charge in [-0.1, -0.05) is 12.8 Å². The Kier molecular flexibility index (Phi) is 3.59. The molecular formula is C13H19N3O3. The normalized spacial score (nSPS) is 17.4. The molecule has 2 rings (SSSR count). The number of amides is 1. The maximum absolute atomic E-state index is 12.0. The summed E-state index contributed by atoms with van der Waals surface area (Å²) in [5.41, 5.74) is 0.487. The van der Waals surface area contributed by atoms with E-state index < -0.39 is 11.4 Å². The van der Waals surface area contributed by atoms with Crippen LogP contribution in [0.5, 0.6) is 0 Å². The first-order chi connectivity index (χ1) is 8.96. The van der Waals surface area contributed by atoms with Gasteiger partial charge >= 0.3 is 5.97 Å². The van der Waals surface area contributed by atoms with Crippen LogP contribution in [0, 0.1) is 12.3 Å². The van der Waals surface area contributed by atoms with Crippen LogP contribution in [0.15, 0.2) is 6.20 Å². The number of aromatic nitrogens is 2. The lowest BCUT2D eigenvalue weighted by atomic mass is 9.86. The smallest absolute Gasteiger partial charge is 0.311 e. The van der Waals surface area contributed by atoms with Gasteiger partial charge in [0.25, 0.3) is 5.91 Å². The van der Waals surface area contributed by atoms with Gasteiger partial charge in [-0.3, -0.25) is 14.3 Å². The Labute approximate surface area is 111 Å². The molecule has 1 aliphatic rings. The molecule has 0 saturated heterocycles. The third-order valence-corrected chi connectivity index (χ3v) is 4.08. The van der Waals surface area contributed by atoms with Crippen LogP contribution in [0.25, 0.3) is 0 Å². The van der Waals surface area contributed by atoms with E-state index in [1.54, 1.807) is 11.7 Å². The Morgan fingerprint density at radius 1 is 1.47 bits per heavy atom. The molecule has 0 bridgehead atoms. The second-order valence-electron chi connectivity index (χ2n) is 5.24. The van der Waals surface area contributed by atoms with Crippen LogP contribution in [0.4, 0.5) is 0 Å². The third-order valence-electron chi connectivity index (χ3n) is 4.08. The SMILES string of the molecule is Cc1c(C(=O)NCC2(C(=O)O)CCCC2)cnn1C. The first-order valence-corrected chi connectivity index (χ1v) is 6.46. The van der Waals surface area contributed by atoms with Crippen LogP contribution in [0.1, 0.15) is 41.7 Å². The molecule has 1 saturated carbocycles. The molecule has 6 heteroatoms. The zero-order valence-corrected chi connectivity index (χ0v) is 11.3. The molecule has 1 aromatic heterocycles. The number of hydrogen-bond acceptors (Lipinski definition) is 3. The molecule has 0 atom stereocenters. The van der Waals surface area contributed by atoms with Crippen LogP contribution in [-0.4, -0.2) is 33.3 Å². The molecular weight excluding hydrogens is 246 g/mol. The second-order valence-corrected chi connectivity index (χ2v) is 5.24. The van der Waals surface area contributed by atoms with E-state index in [0.29, 0.717) is 18.4 Å². The number of rotatable bonds is 4. The maximum Gasteiger partial charge on any atom is 0.311 e. The second kappa shape index (κ2) is 5.03. The first-order valence-electron chi connectivity index (χ1n) is 6.46. The van der Waals surface area contributed by atoms with Crippen LogP contribution >= 0.6 is 0 Å². The fourth-order valence-corrected chi connectivity index (χ4v) is 2.58. The van der Waals surface area contributed by atoms with Gasteiger partial charge in [0, 0.05) is 19.3 Å². The molecule has 0 spiro atoms.